The second-order valence-electron chi connectivity index (χ2n) is 7.43. The number of carbonyl (C=O) groups excluding carboxylic acids is 1. The maximum absolute atomic E-state index is 12.4. The van der Waals surface area contributed by atoms with Crippen LogP contribution in [0.5, 0.6) is 5.75 Å². The maximum atomic E-state index is 12.4. The number of nitrogens with zero attached hydrogens (tertiary/aromatic N) is 3. The summed E-state index contributed by atoms with van der Waals surface area (Å²) in [7, 11) is 0. The van der Waals surface area contributed by atoms with Gasteiger partial charge in [0.15, 0.2) is 6.61 Å². The van der Waals surface area contributed by atoms with Crippen LogP contribution in [0, 0.1) is 0 Å². The van der Waals surface area contributed by atoms with Crippen LogP contribution in [0.25, 0.3) is 5.65 Å². The van der Waals surface area contributed by atoms with Gasteiger partial charge >= 0.3 is 0 Å². The summed E-state index contributed by atoms with van der Waals surface area (Å²) in [5.41, 5.74) is 3.14. The fourth-order valence-electron chi connectivity index (χ4n) is 3.91. The molecule has 1 amide bonds. The van der Waals surface area contributed by atoms with Crippen molar-refractivity contribution in [1.29, 1.82) is 0 Å². The van der Waals surface area contributed by atoms with Crippen molar-refractivity contribution in [3.63, 3.8) is 0 Å². The Morgan fingerprint density at radius 1 is 1.17 bits per heavy atom. The van der Waals surface area contributed by atoms with Gasteiger partial charge in [-0.2, -0.15) is 0 Å². The van der Waals surface area contributed by atoms with Gasteiger partial charge in [-0.05, 0) is 37.5 Å². The molecule has 1 fully saturated rings. The van der Waals surface area contributed by atoms with Gasteiger partial charge in [-0.1, -0.05) is 31.2 Å². The quantitative estimate of drug-likeness (QED) is 0.637. The number of hydrogen-bond acceptors (Lipinski definition) is 4. The van der Waals surface area contributed by atoms with E-state index in [1.54, 1.807) is 0 Å². The second-order valence-corrected chi connectivity index (χ2v) is 7.43. The van der Waals surface area contributed by atoms with E-state index in [0.29, 0.717) is 6.54 Å². The van der Waals surface area contributed by atoms with Crippen molar-refractivity contribution in [1.82, 2.24) is 19.6 Å². The van der Waals surface area contributed by atoms with Crippen LogP contribution < -0.4 is 10.1 Å². The number of benzene rings is 1. The molecular weight excluding hydrogens is 364 g/mol. The summed E-state index contributed by atoms with van der Waals surface area (Å²) in [4.78, 5) is 18.7. The molecule has 1 saturated heterocycles. The number of para-hydroxylation sites is 1. The molecule has 1 unspecified atom stereocenters. The highest BCUT2D eigenvalue weighted by Crippen LogP contribution is 2.27. The molecule has 0 bridgehead atoms. The van der Waals surface area contributed by atoms with Gasteiger partial charge in [0.25, 0.3) is 5.91 Å². The van der Waals surface area contributed by atoms with E-state index < -0.39 is 0 Å². The molecule has 2 aromatic heterocycles. The molecule has 29 heavy (non-hydrogen) atoms. The lowest BCUT2D eigenvalue weighted by Crippen LogP contribution is -2.32. The Balaban J connectivity index is 1.43. The molecule has 1 aliphatic heterocycles. The van der Waals surface area contributed by atoms with E-state index in [1.807, 2.05) is 53.7 Å². The molecule has 0 radical (unpaired) electrons. The molecule has 6 nitrogen and oxygen atoms in total. The van der Waals surface area contributed by atoms with Gasteiger partial charge in [0.05, 0.1) is 11.9 Å². The summed E-state index contributed by atoms with van der Waals surface area (Å²) < 4.78 is 8.05. The minimum absolute atomic E-state index is 0.0732. The standard InChI is InChI=1S/C23H28N4O2/c1-2-20(24-15-18-16-25-22-11-5-6-14-27(18)22)19-9-3-4-10-21(19)29-17-23(28)26-12-7-8-13-26/h3-6,9-11,14,16,20,24H,2,7-8,12-13,15,17H2,1H3. The number of pyridine rings is 1. The Hall–Kier alpha value is -2.86. The van der Waals surface area contributed by atoms with E-state index in [4.69, 9.17) is 4.74 Å². The first kappa shape index (κ1) is 19.5. The van der Waals surface area contributed by atoms with Crippen LogP contribution in [0.15, 0.2) is 54.9 Å². The minimum atomic E-state index is 0.0732. The zero-order chi connectivity index (χ0) is 20.1. The van der Waals surface area contributed by atoms with Crippen molar-refractivity contribution >= 4 is 11.6 Å². The lowest BCUT2D eigenvalue weighted by molar-refractivity contribution is -0.132. The molecule has 1 atom stereocenters. The predicted octanol–water partition coefficient (Wildman–Crippen LogP) is 3.58. The van der Waals surface area contributed by atoms with Gasteiger partial charge < -0.3 is 19.4 Å². The molecule has 1 aliphatic rings. The van der Waals surface area contributed by atoms with Crippen LogP contribution in [0.1, 0.15) is 43.5 Å². The third kappa shape index (κ3) is 4.43. The van der Waals surface area contributed by atoms with Crippen LogP contribution in [0.4, 0.5) is 0 Å². The molecule has 6 heteroatoms. The van der Waals surface area contributed by atoms with Gasteiger partial charge in [-0.15, -0.1) is 0 Å². The molecule has 1 aromatic carbocycles. The molecule has 4 rings (SSSR count). The molecular formula is C23H28N4O2. The van der Waals surface area contributed by atoms with Crippen molar-refractivity contribution < 1.29 is 9.53 Å². The monoisotopic (exact) mass is 392 g/mol. The van der Waals surface area contributed by atoms with E-state index in [-0.39, 0.29) is 18.6 Å². The number of ether oxygens (including phenoxy) is 1. The average Bonchev–Trinajstić information content (AvgIpc) is 3.44. The van der Waals surface area contributed by atoms with E-state index in [0.717, 1.165) is 55.0 Å². The summed E-state index contributed by atoms with van der Waals surface area (Å²) in [6.07, 6.45) is 7.03. The topological polar surface area (TPSA) is 58.9 Å². The van der Waals surface area contributed by atoms with Crippen molar-refractivity contribution in [3.8, 4) is 5.75 Å². The van der Waals surface area contributed by atoms with Gasteiger partial charge in [0.2, 0.25) is 0 Å². The first-order valence-electron chi connectivity index (χ1n) is 10.4. The Labute approximate surface area is 171 Å². The zero-order valence-corrected chi connectivity index (χ0v) is 16.9. The zero-order valence-electron chi connectivity index (χ0n) is 16.9. The lowest BCUT2D eigenvalue weighted by Gasteiger charge is -2.21. The van der Waals surface area contributed by atoms with Crippen molar-refractivity contribution in [2.75, 3.05) is 19.7 Å². The van der Waals surface area contributed by atoms with Gasteiger partial charge in [-0.3, -0.25) is 4.79 Å². The number of amides is 1. The summed E-state index contributed by atoms with van der Waals surface area (Å²) in [5.74, 6) is 0.849. The number of aromatic nitrogens is 2. The van der Waals surface area contributed by atoms with Crippen LogP contribution in [-0.4, -0.2) is 39.9 Å². The van der Waals surface area contributed by atoms with E-state index in [1.165, 1.54) is 0 Å². The fraction of sp³-hybridized carbons (Fsp3) is 0.391. The Morgan fingerprint density at radius 2 is 1.97 bits per heavy atom. The predicted molar refractivity (Wildman–Crippen MR) is 113 cm³/mol. The SMILES string of the molecule is CCC(NCc1cnc2ccccn12)c1ccccc1OCC(=O)N1CCCC1. The molecule has 3 heterocycles. The summed E-state index contributed by atoms with van der Waals surface area (Å²) in [6, 6.07) is 14.1. The van der Waals surface area contributed by atoms with Gasteiger partial charge in [-0.25, -0.2) is 4.98 Å². The van der Waals surface area contributed by atoms with Crippen molar-refractivity contribution in [3.05, 3.63) is 66.1 Å². The van der Waals surface area contributed by atoms with Crippen LogP contribution in [0.3, 0.4) is 0 Å². The Bertz CT molecular complexity index is 962. The van der Waals surface area contributed by atoms with Gasteiger partial charge in [0.1, 0.15) is 11.4 Å². The molecule has 0 saturated carbocycles. The number of hydrogen-bond donors (Lipinski definition) is 1. The van der Waals surface area contributed by atoms with E-state index >= 15 is 0 Å². The molecule has 0 spiro atoms. The first-order valence-corrected chi connectivity index (χ1v) is 10.4. The normalized spacial score (nSPS) is 15.0. The van der Waals surface area contributed by atoms with Gasteiger partial charge in [0, 0.05) is 37.4 Å². The Morgan fingerprint density at radius 3 is 2.79 bits per heavy atom. The number of fused-ring (bicyclic) bond motifs is 1. The number of likely N-dealkylation sites (tertiary alicyclic amines) is 1. The number of rotatable bonds is 8. The summed E-state index contributed by atoms with van der Waals surface area (Å²) >= 11 is 0. The van der Waals surface area contributed by atoms with Crippen LogP contribution in [-0.2, 0) is 11.3 Å². The lowest BCUT2D eigenvalue weighted by atomic mass is 10.0. The molecule has 152 valence electrons. The van der Waals surface area contributed by atoms with Crippen LogP contribution >= 0.6 is 0 Å². The molecule has 3 aromatic rings. The molecule has 1 N–H and O–H groups in total. The Kier molecular flexibility index (Phi) is 6.10. The average molecular weight is 393 g/mol. The largest absolute Gasteiger partial charge is 0.483 e. The molecule has 0 aliphatic carbocycles. The number of carbonyl (C=O) groups is 1. The van der Waals surface area contributed by atoms with Crippen LogP contribution in [0.2, 0.25) is 0 Å². The summed E-state index contributed by atoms with van der Waals surface area (Å²) in [5, 5.41) is 3.63. The third-order valence-electron chi connectivity index (χ3n) is 5.54. The highest BCUT2D eigenvalue weighted by molar-refractivity contribution is 5.78. The smallest absolute Gasteiger partial charge is 0.260 e. The second kappa shape index (κ2) is 9.09. The minimum Gasteiger partial charge on any atom is -0.483 e. The fourth-order valence-corrected chi connectivity index (χ4v) is 3.91. The number of nitrogens with one attached hydrogen (secondary N) is 1. The highest BCUT2D eigenvalue weighted by Gasteiger charge is 2.20. The van der Waals surface area contributed by atoms with E-state index in [2.05, 4.69) is 27.7 Å². The maximum Gasteiger partial charge on any atom is 0.260 e. The van der Waals surface area contributed by atoms with E-state index in [9.17, 15) is 4.79 Å². The summed E-state index contributed by atoms with van der Waals surface area (Å²) in [6.45, 7) is 4.65. The first-order chi connectivity index (χ1) is 14.3. The third-order valence-corrected chi connectivity index (χ3v) is 5.54. The van der Waals surface area contributed by atoms with Crippen molar-refractivity contribution in [2.24, 2.45) is 0 Å². The van der Waals surface area contributed by atoms with Crippen molar-refractivity contribution in [2.45, 2.75) is 38.8 Å². The number of imidazole rings is 1. The highest BCUT2D eigenvalue weighted by atomic mass is 16.5.